The van der Waals surface area contributed by atoms with Gasteiger partial charge >= 0.3 is 0 Å². The monoisotopic (exact) mass is 111 g/mol. The van der Waals surface area contributed by atoms with Gasteiger partial charge in [-0.3, -0.25) is 4.90 Å². The first-order valence-electron chi connectivity index (χ1n) is 3.51. The molecule has 0 bridgehead atoms. The molecule has 1 saturated heterocycles. The van der Waals surface area contributed by atoms with Gasteiger partial charge in [-0.1, -0.05) is 0 Å². The molecule has 2 fully saturated rings. The average molecular weight is 111 g/mol. The van der Waals surface area contributed by atoms with Gasteiger partial charge in [-0.15, -0.1) is 0 Å². The van der Waals surface area contributed by atoms with Crippen LogP contribution in [0.25, 0.3) is 0 Å². The Morgan fingerprint density at radius 1 is 1.38 bits per heavy atom. The fourth-order valence-corrected chi connectivity index (χ4v) is 1.60. The Kier molecular flexibility index (Phi) is 0.663. The van der Waals surface area contributed by atoms with Crippen LogP contribution in [0.4, 0.5) is 0 Å². The summed E-state index contributed by atoms with van der Waals surface area (Å²) in [4.78, 5) is 2.59. The van der Waals surface area contributed by atoms with Crippen LogP contribution in [0.3, 0.4) is 0 Å². The van der Waals surface area contributed by atoms with Crippen LogP contribution in [0.1, 0.15) is 26.7 Å². The molecule has 1 nitrogen and oxygen atoms in total. The van der Waals surface area contributed by atoms with Crippen LogP contribution in [0, 0.1) is 0 Å². The van der Waals surface area contributed by atoms with E-state index < -0.39 is 0 Å². The van der Waals surface area contributed by atoms with Crippen molar-refractivity contribution in [3.05, 3.63) is 0 Å². The average Bonchev–Trinajstić information content (AvgIpc) is 2.50. The van der Waals surface area contributed by atoms with Crippen LogP contribution in [0.15, 0.2) is 0 Å². The number of rotatable bonds is 1. The van der Waals surface area contributed by atoms with Crippen molar-refractivity contribution >= 4 is 0 Å². The van der Waals surface area contributed by atoms with Gasteiger partial charge in [-0.25, -0.2) is 0 Å². The van der Waals surface area contributed by atoms with Crippen molar-refractivity contribution in [2.75, 3.05) is 6.54 Å². The second-order valence-electron chi connectivity index (χ2n) is 3.45. The summed E-state index contributed by atoms with van der Waals surface area (Å²) in [5.41, 5.74) is 0.772. The zero-order chi connectivity index (χ0) is 5.78. The van der Waals surface area contributed by atoms with Gasteiger partial charge in [0.05, 0.1) is 0 Å². The summed E-state index contributed by atoms with van der Waals surface area (Å²) >= 11 is 0. The fourth-order valence-electron chi connectivity index (χ4n) is 1.60. The summed E-state index contributed by atoms with van der Waals surface area (Å²) in [5.74, 6) is 0. The van der Waals surface area contributed by atoms with Crippen LogP contribution in [0.2, 0.25) is 0 Å². The molecule has 1 saturated carbocycles. The largest absolute Gasteiger partial charge is 0.292 e. The molecule has 1 heterocycles. The molecular weight excluding hydrogens is 98.1 g/mol. The van der Waals surface area contributed by atoms with Gasteiger partial charge < -0.3 is 0 Å². The summed E-state index contributed by atoms with van der Waals surface area (Å²) in [6, 6.07) is 0.803. The quantitative estimate of drug-likeness (QED) is 0.460. The lowest BCUT2D eigenvalue weighted by molar-refractivity contribution is 0.414. The number of nitrogens with zero attached hydrogens (tertiary/aromatic N) is 1. The van der Waals surface area contributed by atoms with Gasteiger partial charge in [0.15, 0.2) is 0 Å². The Morgan fingerprint density at radius 3 is 2.12 bits per heavy atom. The maximum atomic E-state index is 2.59. The summed E-state index contributed by atoms with van der Waals surface area (Å²) in [6.45, 7) is 5.96. The minimum Gasteiger partial charge on any atom is -0.292 e. The highest BCUT2D eigenvalue weighted by molar-refractivity contribution is 5.19. The molecule has 2 rings (SSSR count). The van der Waals surface area contributed by atoms with E-state index in [1.807, 2.05) is 0 Å². The second kappa shape index (κ2) is 1.10. The van der Waals surface area contributed by atoms with E-state index in [1.165, 1.54) is 19.4 Å². The van der Waals surface area contributed by atoms with Crippen LogP contribution in [-0.4, -0.2) is 23.0 Å². The maximum absolute atomic E-state index is 2.59. The minimum atomic E-state index is 0.772. The lowest BCUT2D eigenvalue weighted by Crippen LogP contribution is -2.11. The topological polar surface area (TPSA) is 3.01 Å². The standard InChI is InChI=1S/C7H13N/c1-6(2)8-5-7(8)3-4-7/h6H,3-5H2,1-2H3. The van der Waals surface area contributed by atoms with Crippen LogP contribution in [0.5, 0.6) is 0 Å². The van der Waals surface area contributed by atoms with Gasteiger partial charge in [0, 0.05) is 18.1 Å². The van der Waals surface area contributed by atoms with Crippen molar-refractivity contribution in [3.8, 4) is 0 Å². The summed E-state index contributed by atoms with van der Waals surface area (Å²) in [5, 5.41) is 0. The van der Waals surface area contributed by atoms with Gasteiger partial charge in [0.25, 0.3) is 0 Å². The third-order valence-corrected chi connectivity index (χ3v) is 2.42. The van der Waals surface area contributed by atoms with E-state index in [-0.39, 0.29) is 0 Å². The van der Waals surface area contributed by atoms with Crippen LogP contribution < -0.4 is 0 Å². The predicted octanol–water partition coefficient (Wildman–Crippen LogP) is 1.24. The van der Waals surface area contributed by atoms with Crippen LogP contribution >= 0.6 is 0 Å². The number of hydrogen-bond acceptors (Lipinski definition) is 1. The normalized spacial score (nSPS) is 38.6. The molecule has 1 unspecified atom stereocenters. The third-order valence-electron chi connectivity index (χ3n) is 2.42. The van der Waals surface area contributed by atoms with E-state index in [2.05, 4.69) is 18.7 Å². The van der Waals surface area contributed by atoms with E-state index in [0.29, 0.717) is 0 Å². The summed E-state index contributed by atoms with van der Waals surface area (Å²) in [7, 11) is 0. The molecule has 0 N–H and O–H groups in total. The SMILES string of the molecule is CC(C)N1CC12CC2. The van der Waals surface area contributed by atoms with E-state index in [0.717, 1.165) is 11.6 Å². The minimum absolute atomic E-state index is 0.772. The Balaban J connectivity index is 1.96. The highest BCUT2D eigenvalue weighted by Gasteiger charge is 2.61. The van der Waals surface area contributed by atoms with Crippen molar-refractivity contribution < 1.29 is 0 Å². The molecule has 0 aromatic carbocycles. The molecule has 1 atom stereocenters. The van der Waals surface area contributed by atoms with Crippen molar-refractivity contribution in [1.82, 2.24) is 4.90 Å². The highest BCUT2D eigenvalue weighted by atomic mass is 15.4. The second-order valence-corrected chi connectivity index (χ2v) is 3.45. The molecule has 1 heteroatoms. The van der Waals surface area contributed by atoms with Crippen molar-refractivity contribution in [2.24, 2.45) is 0 Å². The first-order valence-corrected chi connectivity index (χ1v) is 3.51. The van der Waals surface area contributed by atoms with Crippen molar-refractivity contribution in [1.29, 1.82) is 0 Å². The molecule has 1 aliphatic carbocycles. The molecular formula is C7H13N. The Hall–Kier alpha value is -0.0400. The summed E-state index contributed by atoms with van der Waals surface area (Å²) < 4.78 is 0. The van der Waals surface area contributed by atoms with Crippen molar-refractivity contribution in [2.45, 2.75) is 38.3 Å². The molecule has 1 spiro atoms. The lowest BCUT2D eigenvalue weighted by Gasteiger charge is -2.03. The maximum Gasteiger partial charge on any atom is 0.0341 e. The first-order chi connectivity index (χ1) is 3.75. The molecule has 0 radical (unpaired) electrons. The van der Waals surface area contributed by atoms with E-state index in [1.54, 1.807) is 0 Å². The highest BCUT2D eigenvalue weighted by Crippen LogP contribution is 2.54. The Morgan fingerprint density at radius 2 is 2.00 bits per heavy atom. The van der Waals surface area contributed by atoms with E-state index in [9.17, 15) is 0 Å². The predicted molar refractivity (Wildman–Crippen MR) is 33.8 cm³/mol. The zero-order valence-corrected chi connectivity index (χ0v) is 5.65. The smallest absolute Gasteiger partial charge is 0.0341 e. The molecule has 0 aromatic rings. The van der Waals surface area contributed by atoms with E-state index >= 15 is 0 Å². The molecule has 1 aliphatic heterocycles. The molecule has 2 aliphatic rings. The van der Waals surface area contributed by atoms with Gasteiger partial charge in [-0.2, -0.15) is 0 Å². The van der Waals surface area contributed by atoms with E-state index in [4.69, 9.17) is 0 Å². The fraction of sp³-hybridized carbons (Fsp3) is 1.00. The summed E-state index contributed by atoms with van der Waals surface area (Å²) in [6.07, 6.45) is 2.95. The molecule has 0 aromatic heterocycles. The third kappa shape index (κ3) is 0.455. The first kappa shape index (κ1) is 4.80. The van der Waals surface area contributed by atoms with Crippen LogP contribution in [-0.2, 0) is 0 Å². The van der Waals surface area contributed by atoms with Gasteiger partial charge in [0.1, 0.15) is 0 Å². The van der Waals surface area contributed by atoms with Gasteiger partial charge in [-0.05, 0) is 26.7 Å². The van der Waals surface area contributed by atoms with Gasteiger partial charge in [0.2, 0.25) is 0 Å². The molecule has 46 valence electrons. The number of hydrogen-bond donors (Lipinski definition) is 0. The molecule has 0 amide bonds. The van der Waals surface area contributed by atoms with Crippen molar-refractivity contribution in [3.63, 3.8) is 0 Å². The molecule has 8 heavy (non-hydrogen) atoms. The Bertz CT molecular complexity index is 114. The Labute approximate surface area is 50.7 Å². The zero-order valence-electron chi connectivity index (χ0n) is 5.65. The lowest BCUT2D eigenvalue weighted by atomic mass is 10.4.